The lowest BCUT2D eigenvalue weighted by Gasteiger charge is -2.46. The van der Waals surface area contributed by atoms with Crippen molar-refractivity contribution in [2.45, 2.75) is 110 Å². The second-order valence-electron chi connectivity index (χ2n) is 7.76. The highest BCUT2D eigenvalue weighted by Gasteiger charge is 2.47. The first-order chi connectivity index (χ1) is 14.2. The summed E-state index contributed by atoms with van der Waals surface area (Å²) in [6.07, 6.45) is 6.84. The number of rotatable bonds is 18. The standard InChI is InChI=1S/C22H46N2O5/c1-5-9-13-25-17-18-19(26-14-10-6-2)20(27-15-11-7-3)21(22(24-23)29-18)28-16-12-8-4/h18-22,24H,5-17,23H2,1-4H3/t18?,19?,20?,21-,22?/m1/s1. The first kappa shape index (κ1) is 26.8. The Balaban J connectivity index is 2.92. The fraction of sp³-hybridized carbons (Fsp3) is 1.00. The van der Waals surface area contributed by atoms with E-state index in [0.717, 1.165) is 58.0 Å². The molecule has 1 fully saturated rings. The minimum atomic E-state index is -0.454. The SMILES string of the molecule is CCCCOCC1OC(NN)[C@H](OCCCC)C(OCCCC)C1OCCCC. The Hall–Kier alpha value is -0.280. The lowest BCUT2D eigenvalue weighted by Crippen LogP contribution is -2.66. The normalized spacial score (nSPS) is 27.4. The van der Waals surface area contributed by atoms with Crippen molar-refractivity contribution in [3.05, 3.63) is 0 Å². The number of hydrogen-bond acceptors (Lipinski definition) is 7. The molecule has 1 rings (SSSR count). The largest absolute Gasteiger partial charge is 0.379 e. The van der Waals surface area contributed by atoms with Crippen molar-refractivity contribution in [2.75, 3.05) is 33.0 Å². The number of hydrazine groups is 1. The lowest BCUT2D eigenvalue weighted by atomic mass is 9.97. The molecule has 0 aliphatic carbocycles. The van der Waals surface area contributed by atoms with E-state index in [4.69, 9.17) is 29.5 Å². The molecule has 3 N–H and O–H groups in total. The van der Waals surface area contributed by atoms with E-state index >= 15 is 0 Å². The quantitative estimate of drug-likeness (QED) is 0.200. The van der Waals surface area contributed by atoms with Gasteiger partial charge in [0, 0.05) is 26.4 Å². The molecular formula is C22H46N2O5. The van der Waals surface area contributed by atoms with Crippen LogP contribution in [-0.2, 0) is 23.7 Å². The summed E-state index contributed by atoms with van der Waals surface area (Å²) in [5.41, 5.74) is 2.78. The van der Waals surface area contributed by atoms with E-state index in [2.05, 4.69) is 33.1 Å². The van der Waals surface area contributed by atoms with E-state index in [9.17, 15) is 0 Å². The van der Waals surface area contributed by atoms with Gasteiger partial charge in [0.1, 0.15) is 30.6 Å². The Bertz CT molecular complexity index is 375. The van der Waals surface area contributed by atoms with E-state index in [1.54, 1.807) is 0 Å². The van der Waals surface area contributed by atoms with Crippen LogP contribution in [0.25, 0.3) is 0 Å². The first-order valence-corrected chi connectivity index (χ1v) is 11.8. The van der Waals surface area contributed by atoms with Crippen LogP contribution in [0.1, 0.15) is 79.1 Å². The summed E-state index contributed by atoms with van der Waals surface area (Å²) in [4.78, 5) is 0. The second-order valence-corrected chi connectivity index (χ2v) is 7.76. The van der Waals surface area contributed by atoms with Crippen LogP contribution < -0.4 is 11.3 Å². The molecule has 7 heteroatoms. The fourth-order valence-electron chi connectivity index (χ4n) is 3.29. The molecule has 7 nitrogen and oxygen atoms in total. The second kappa shape index (κ2) is 17.4. The number of nitrogens with one attached hydrogen (secondary N) is 1. The van der Waals surface area contributed by atoms with Gasteiger partial charge < -0.3 is 23.7 Å². The van der Waals surface area contributed by atoms with Gasteiger partial charge in [-0.1, -0.05) is 53.4 Å². The molecule has 174 valence electrons. The minimum Gasteiger partial charge on any atom is -0.379 e. The fourth-order valence-corrected chi connectivity index (χ4v) is 3.29. The highest BCUT2D eigenvalue weighted by atomic mass is 16.6. The monoisotopic (exact) mass is 418 g/mol. The van der Waals surface area contributed by atoms with Crippen LogP contribution in [0.3, 0.4) is 0 Å². The molecule has 29 heavy (non-hydrogen) atoms. The van der Waals surface area contributed by atoms with Gasteiger partial charge in [-0.05, 0) is 25.7 Å². The summed E-state index contributed by atoms with van der Waals surface area (Å²) in [6, 6.07) is 0. The van der Waals surface area contributed by atoms with Crippen molar-refractivity contribution in [3.8, 4) is 0 Å². The highest BCUT2D eigenvalue weighted by molar-refractivity contribution is 4.94. The Kier molecular flexibility index (Phi) is 16.1. The maximum atomic E-state index is 6.32. The molecule has 0 radical (unpaired) electrons. The maximum Gasteiger partial charge on any atom is 0.149 e. The number of nitrogens with two attached hydrogens (primary N) is 1. The molecule has 0 amide bonds. The van der Waals surface area contributed by atoms with E-state index in [1.807, 2.05) is 0 Å². The zero-order valence-corrected chi connectivity index (χ0v) is 19.2. The highest BCUT2D eigenvalue weighted by Crippen LogP contribution is 2.28. The van der Waals surface area contributed by atoms with Gasteiger partial charge in [-0.25, -0.2) is 5.43 Å². The maximum absolute atomic E-state index is 6.32. The molecule has 1 heterocycles. The number of unbranched alkanes of at least 4 members (excludes halogenated alkanes) is 4. The Morgan fingerprint density at radius 2 is 1.17 bits per heavy atom. The van der Waals surface area contributed by atoms with E-state index < -0.39 is 6.23 Å². The third-order valence-corrected chi connectivity index (χ3v) is 5.15. The smallest absolute Gasteiger partial charge is 0.149 e. The van der Waals surface area contributed by atoms with Crippen molar-refractivity contribution in [1.82, 2.24) is 5.43 Å². The predicted octanol–water partition coefficient (Wildman–Crippen LogP) is 3.55. The van der Waals surface area contributed by atoms with E-state index in [0.29, 0.717) is 26.4 Å². The molecular weight excluding hydrogens is 372 g/mol. The van der Waals surface area contributed by atoms with Crippen LogP contribution in [0, 0.1) is 0 Å². The topological polar surface area (TPSA) is 84.2 Å². The van der Waals surface area contributed by atoms with E-state index in [1.165, 1.54) is 0 Å². The molecule has 1 aliphatic rings. The Morgan fingerprint density at radius 1 is 0.690 bits per heavy atom. The predicted molar refractivity (Wildman–Crippen MR) is 116 cm³/mol. The van der Waals surface area contributed by atoms with Gasteiger partial charge in [0.15, 0.2) is 0 Å². The van der Waals surface area contributed by atoms with Gasteiger partial charge in [0.25, 0.3) is 0 Å². The van der Waals surface area contributed by atoms with Crippen LogP contribution >= 0.6 is 0 Å². The number of hydrogen-bond donors (Lipinski definition) is 2. The van der Waals surface area contributed by atoms with Crippen molar-refractivity contribution in [3.63, 3.8) is 0 Å². The van der Waals surface area contributed by atoms with Crippen LogP contribution in [0.4, 0.5) is 0 Å². The third kappa shape index (κ3) is 10.0. The van der Waals surface area contributed by atoms with Crippen molar-refractivity contribution in [2.24, 2.45) is 5.84 Å². The minimum absolute atomic E-state index is 0.240. The molecule has 5 atom stereocenters. The lowest BCUT2D eigenvalue weighted by molar-refractivity contribution is -0.272. The molecule has 0 spiro atoms. The molecule has 0 bridgehead atoms. The third-order valence-electron chi connectivity index (χ3n) is 5.15. The molecule has 1 saturated heterocycles. The molecule has 1 aliphatic heterocycles. The van der Waals surface area contributed by atoms with Gasteiger partial charge in [0.05, 0.1) is 6.61 Å². The average molecular weight is 419 g/mol. The summed E-state index contributed by atoms with van der Waals surface area (Å²) in [7, 11) is 0. The van der Waals surface area contributed by atoms with Gasteiger partial charge in [-0.2, -0.15) is 0 Å². The van der Waals surface area contributed by atoms with Crippen molar-refractivity contribution >= 4 is 0 Å². The van der Waals surface area contributed by atoms with Crippen LogP contribution in [-0.4, -0.2) is 63.7 Å². The molecule has 0 aromatic heterocycles. The Morgan fingerprint density at radius 3 is 1.69 bits per heavy atom. The molecule has 4 unspecified atom stereocenters. The van der Waals surface area contributed by atoms with Gasteiger partial charge in [-0.15, -0.1) is 0 Å². The summed E-state index contributed by atoms with van der Waals surface area (Å²) >= 11 is 0. The van der Waals surface area contributed by atoms with Crippen molar-refractivity contribution < 1.29 is 23.7 Å². The summed E-state index contributed by atoms with van der Waals surface area (Å²) in [6.45, 7) is 11.8. The van der Waals surface area contributed by atoms with Gasteiger partial charge in [-0.3, -0.25) is 5.84 Å². The molecule has 0 aromatic carbocycles. The van der Waals surface area contributed by atoms with Gasteiger partial charge in [0.2, 0.25) is 0 Å². The zero-order valence-electron chi connectivity index (χ0n) is 19.2. The van der Waals surface area contributed by atoms with Crippen LogP contribution in [0.15, 0.2) is 0 Å². The van der Waals surface area contributed by atoms with Crippen molar-refractivity contribution in [1.29, 1.82) is 0 Å². The molecule has 0 aromatic rings. The van der Waals surface area contributed by atoms with Crippen LogP contribution in [0.2, 0.25) is 0 Å². The zero-order chi connectivity index (χ0) is 21.3. The van der Waals surface area contributed by atoms with Gasteiger partial charge >= 0.3 is 0 Å². The first-order valence-electron chi connectivity index (χ1n) is 11.8. The van der Waals surface area contributed by atoms with Crippen LogP contribution in [0.5, 0.6) is 0 Å². The van der Waals surface area contributed by atoms with E-state index in [-0.39, 0.29) is 24.4 Å². The summed E-state index contributed by atoms with van der Waals surface area (Å²) in [5, 5.41) is 0. The summed E-state index contributed by atoms with van der Waals surface area (Å²) < 4.78 is 30.9. The number of ether oxygens (including phenoxy) is 5. The Labute approximate surface area is 178 Å². The average Bonchev–Trinajstić information content (AvgIpc) is 2.73. The summed E-state index contributed by atoms with van der Waals surface area (Å²) in [5.74, 6) is 5.83. The molecule has 0 saturated carbocycles.